The van der Waals surface area contributed by atoms with E-state index >= 15 is 0 Å². The Morgan fingerprint density at radius 3 is 2.69 bits per heavy atom. The van der Waals surface area contributed by atoms with Crippen molar-refractivity contribution in [3.05, 3.63) is 26.7 Å². The lowest BCUT2D eigenvalue weighted by Crippen LogP contribution is -1.93. The molecule has 0 aliphatic carbocycles. The molecule has 0 saturated carbocycles. The van der Waals surface area contributed by atoms with Gasteiger partial charge in [0, 0.05) is 5.39 Å². The van der Waals surface area contributed by atoms with Crippen LogP contribution in [0.1, 0.15) is 0 Å². The molecule has 0 fully saturated rings. The van der Waals surface area contributed by atoms with Crippen LogP contribution in [0.15, 0.2) is 15.6 Å². The Morgan fingerprint density at radius 2 is 2.06 bits per heavy atom. The lowest BCUT2D eigenvalue weighted by atomic mass is 10.2. The third-order valence-corrected chi connectivity index (χ3v) is 4.13. The van der Waals surface area contributed by atoms with Crippen LogP contribution in [0, 0.1) is 5.82 Å². The number of nitrogens with zero attached hydrogens (tertiary/aromatic N) is 2. The van der Waals surface area contributed by atoms with Crippen LogP contribution in [-0.4, -0.2) is 16.2 Å². The molecule has 0 N–H and O–H groups in total. The number of halogens is 4. The van der Waals surface area contributed by atoms with Crippen LogP contribution < -0.4 is 0 Å². The van der Waals surface area contributed by atoms with Gasteiger partial charge >= 0.3 is 0 Å². The van der Waals surface area contributed by atoms with E-state index in [-0.39, 0.29) is 20.3 Å². The summed E-state index contributed by atoms with van der Waals surface area (Å²) in [7, 11) is 0. The summed E-state index contributed by atoms with van der Waals surface area (Å²) in [6.45, 7) is 0. The number of rotatable bonds is 1. The smallest absolute Gasteiger partial charge is 0.215 e. The first-order valence-corrected chi connectivity index (χ1v) is 6.86. The third kappa shape index (κ3) is 2.01. The molecule has 0 spiro atoms. The molecule has 2 rings (SSSR count). The van der Waals surface area contributed by atoms with Crippen molar-refractivity contribution in [2.24, 2.45) is 0 Å². The second-order valence-corrected chi connectivity index (χ2v) is 5.22. The van der Waals surface area contributed by atoms with Gasteiger partial charge in [-0.2, -0.15) is 0 Å². The standard InChI is InChI=1S/C9H4BrCl2FN2S/c1-16-8-3-2-4(11)5(10)6(13)7(3)14-9(12)15-8/h2H,1H3. The minimum absolute atomic E-state index is 0.0185. The molecule has 1 heterocycles. The maximum atomic E-state index is 13.9. The summed E-state index contributed by atoms with van der Waals surface area (Å²) in [6.07, 6.45) is 1.83. The van der Waals surface area contributed by atoms with E-state index < -0.39 is 5.82 Å². The van der Waals surface area contributed by atoms with Gasteiger partial charge in [-0.15, -0.1) is 11.8 Å². The normalized spacial score (nSPS) is 11.1. The first kappa shape index (κ1) is 12.4. The van der Waals surface area contributed by atoms with Gasteiger partial charge in [-0.3, -0.25) is 0 Å². The lowest BCUT2D eigenvalue weighted by Gasteiger charge is -2.06. The average Bonchev–Trinajstić information content (AvgIpc) is 2.26. The Kier molecular flexibility index (Phi) is 3.59. The van der Waals surface area contributed by atoms with Gasteiger partial charge in [-0.05, 0) is 39.9 Å². The number of aromatic nitrogens is 2. The highest BCUT2D eigenvalue weighted by Crippen LogP contribution is 2.35. The Balaban J connectivity index is 2.94. The maximum absolute atomic E-state index is 13.9. The highest BCUT2D eigenvalue weighted by molar-refractivity contribution is 9.10. The molecule has 0 aliphatic heterocycles. The van der Waals surface area contributed by atoms with E-state index in [4.69, 9.17) is 23.2 Å². The van der Waals surface area contributed by atoms with Gasteiger partial charge in [0.2, 0.25) is 5.28 Å². The SMILES string of the molecule is CSc1nc(Cl)nc2c(F)c(Br)c(Cl)cc12. The van der Waals surface area contributed by atoms with Crippen LogP contribution in [0.3, 0.4) is 0 Å². The summed E-state index contributed by atoms with van der Waals surface area (Å²) in [5.74, 6) is -0.526. The topological polar surface area (TPSA) is 25.8 Å². The van der Waals surface area contributed by atoms with Gasteiger partial charge in [-0.25, -0.2) is 14.4 Å². The molecule has 0 aliphatic rings. The van der Waals surface area contributed by atoms with E-state index in [0.717, 1.165) is 0 Å². The average molecular weight is 342 g/mol. The van der Waals surface area contributed by atoms with Crippen molar-refractivity contribution in [2.45, 2.75) is 5.03 Å². The van der Waals surface area contributed by atoms with Gasteiger partial charge < -0.3 is 0 Å². The van der Waals surface area contributed by atoms with E-state index in [1.807, 2.05) is 6.26 Å². The van der Waals surface area contributed by atoms with Crippen LogP contribution in [0.25, 0.3) is 10.9 Å². The summed E-state index contributed by atoms with van der Waals surface area (Å²) >= 11 is 16.0. The molecule has 2 aromatic rings. The van der Waals surface area contributed by atoms with Crippen molar-refractivity contribution in [1.82, 2.24) is 9.97 Å². The fourth-order valence-electron chi connectivity index (χ4n) is 1.27. The zero-order valence-electron chi connectivity index (χ0n) is 7.89. The molecule has 0 radical (unpaired) electrons. The Labute approximate surface area is 114 Å². The second kappa shape index (κ2) is 4.64. The molecule has 0 amide bonds. The predicted octanol–water partition coefficient (Wildman–Crippen LogP) is 4.56. The Morgan fingerprint density at radius 1 is 1.38 bits per heavy atom. The van der Waals surface area contributed by atoms with Crippen molar-refractivity contribution in [3.63, 3.8) is 0 Å². The van der Waals surface area contributed by atoms with Gasteiger partial charge in [0.05, 0.1) is 9.50 Å². The van der Waals surface area contributed by atoms with Crippen LogP contribution >= 0.6 is 50.9 Å². The Bertz CT molecular complexity index is 579. The van der Waals surface area contributed by atoms with E-state index in [2.05, 4.69) is 25.9 Å². The van der Waals surface area contributed by atoms with Crippen LogP contribution in [0.5, 0.6) is 0 Å². The number of benzene rings is 1. The number of thioether (sulfide) groups is 1. The van der Waals surface area contributed by atoms with Gasteiger partial charge in [0.25, 0.3) is 0 Å². The molecule has 16 heavy (non-hydrogen) atoms. The van der Waals surface area contributed by atoms with Gasteiger partial charge in [0.15, 0.2) is 5.82 Å². The molecule has 1 aromatic heterocycles. The van der Waals surface area contributed by atoms with Crippen LogP contribution in [-0.2, 0) is 0 Å². The second-order valence-electron chi connectivity index (χ2n) is 2.88. The molecule has 7 heteroatoms. The summed E-state index contributed by atoms with van der Waals surface area (Å²) in [4.78, 5) is 7.87. The minimum atomic E-state index is -0.526. The first-order chi connectivity index (χ1) is 7.54. The highest BCUT2D eigenvalue weighted by atomic mass is 79.9. The van der Waals surface area contributed by atoms with Crippen LogP contribution in [0.4, 0.5) is 4.39 Å². The van der Waals surface area contributed by atoms with E-state index in [9.17, 15) is 4.39 Å². The lowest BCUT2D eigenvalue weighted by molar-refractivity contribution is 0.629. The maximum Gasteiger partial charge on any atom is 0.224 e. The fraction of sp³-hybridized carbons (Fsp3) is 0.111. The van der Waals surface area contributed by atoms with Gasteiger partial charge in [-0.1, -0.05) is 11.6 Å². The number of fused-ring (bicyclic) bond motifs is 1. The van der Waals surface area contributed by atoms with Crippen molar-refractivity contribution in [3.8, 4) is 0 Å². The number of hydrogen-bond acceptors (Lipinski definition) is 3. The fourth-order valence-corrected chi connectivity index (χ4v) is 2.54. The monoisotopic (exact) mass is 340 g/mol. The molecule has 0 atom stereocenters. The van der Waals surface area contributed by atoms with Crippen molar-refractivity contribution in [1.29, 1.82) is 0 Å². The summed E-state index contributed by atoms with van der Waals surface area (Å²) in [5.41, 5.74) is 0.167. The summed E-state index contributed by atoms with van der Waals surface area (Å²) in [5, 5.41) is 1.46. The van der Waals surface area contributed by atoms with Crippen molar-refractivity contribution < 1.29 is 4.39 Å². The van der Waals surface area contributed by atoms with E-state index in [1.165, 1.54) is 11.8 Å². The molecular formula is C9H4BrCl2FN2S. The molecular weight excluding hydrogens is 338 g/mol. The minimum Gasteiger partial charge on any atom is -0.215 e. The largest absolute Gasteiger partial charge is 0.224 e. The van der Waals surface area contributed by atoms with Gasteiger partial charge in [0.1, 0.15) is 10.5 Å². The first-order valence-electron chi connectivity index (χ1n) is 4.09. The molecule has 84 valence electrons. The summed E-state index contributed by atoms with van der Waals surface area (Å²) < 4.78 is 14.0. The highest BCUT2D eigenvalue weighted by Gasteiger charge is 2.15. The van der Waals surface area contributed by atoms with Crippen molar-refractivity contribution >= 4 is 61.8 Å². The predicted molar refractivity (Wildman–Crippen MR) is 69.0 cm³/mol. The van der Waals surface area contributed by atoms with Crippen LogP contribution in [0.2, 0.25) is 10.3 Å². The molecule has 0 saturated heterocycles. The van der Waals surface area contributed by atoms with E-state index in [0.29, 0.717) is 10.4 Å². The Hall–Kier alpha value is -0.100. The third-order valence-electron chi connectivity index (χ3n) is 1.96. The number of hydrogen-bond donors (Lipinski definition) is 0. The summed E-state index contributed by atoms with van der Waals surface area (Å²) in [6, 6.07) is 1.62. The van der Waals surface area contributed by atoms with E-state index in [1.54, 1.807) is 6.07 Å². The zero-order valence-corrected chi connectivity index (χ0v) is 11.8. The molecule has 0 bridgehead atoms. The van der Waals surface area contributed by atoms with Crippen molar-refractivity contribution in [2.75, 3.05) is 6.26 Å². The molecule has 0 unspecified atom stereocenters. The zero-order chi connectivity index (χ0) is 11.9. The quantitative estimate of drug-likeness (QED) is 0.329. The molecule has 1 aromatic carbocycles. The molecule has 2 nitrogen and oxygen atoms in total.